The molecule has 10 aromatic carbocycles. The standard InChI is InChI=1S/C57H37NO/c1-3-15-38(16-4-1)40-29-33-44(34-30-40)58(45-22-13-21-43(37-45)39-17-5-2-6-18-39)53-28-14-27-50-54(53)48-25-11-12-26-49(48)57(50)51-35-31-41-19-7-9-23-46(41)55(51)59-56-47-24-10-8-20-42(47)32-36-52(56)57/h1-37H. The number of hydrogen-bond donors (Lipinski definition) is 0. The largest absolute Gasteiger partial charge is 0.455 e. The Labute approximate surface area is 343 Å². The van der Waals surface area contributed by atoms with Crippen LogP contribution in [0, 0.1) is 0 Å². The molecule has 0 saturated heterocycles. The highest BCUT2D eigenvalue weighted by Gasteiger charge is 2.52. The van der Waals surface area contributed by atoms with Crippen molar-refractivity contribution >= 4 is 38.6 Å². The number of ether oxygens (including phenoxy) is 1. The lowest BCUT2D eigenvalue weighted by Gasteiger charge is -2.40. The fourth-order valence-corrected chi connectivity index (χ4v) is 9.94. The van der Waals surface area contributed by atoms with Gasteiger partial charge in [-0.3, -0.25) is 0 Å². The molecule has 0 unspecified atom stereocenters. The van der Waals surface area contributed by atoms with E-state index >= 15 is 0 Å². The second kappa shape index (κ2) is 13.2. The molecule has 0 radical (unpaired) electrons. The van der Waals surface area contributed by atoms with E-state index < -0.39 is 5.41 Å². The highest BCUT2D eigenvalue weighted by atomic mass is 16.5. The summed E-state index contributed by atoms with van der Waals surface area (Å²) in [6.45, 7) is 0. The number of hydrogen-bond acceptors (Lipinski definition) is 2. The molecule has 1 heterocycles. The molecule has 0 bridgehead atoms. The Morgan fingerprint density at radius 1 is 0.339 bits per heavy atom. The number of rotatable bonds is 5. The molecule has 2 aliphatic rings. The molecular formula is C57H37NO. The quantitative estimate of drug-likeness (QED) is 0.174. The molecule has 0 amide bonds. The molecule has 12 rings (SSSR count). The van der Waals surface area contributed by atoms with Gasteiger partial charge in [-0.05, 0) is 80.0 Å². The van der Waals surface area contributed by atoms with E-state index in [2.05, 4.69) is 229 Å². The third-order valence-corrected chi connectivity index (χ3v) is 12.5. The minimum absolute atomic E-state index is 0.645. The molecule has 1 aliphatic heterocycles. The van der Waals surface area contributed by atoms with Crippen molar-refractivity contribution in [2.75, 3.05) is 4.90 Å². The maximum atomic E-state index is 7.23. The first-order chi connectivity index (χ1) is 29.3. The van der Waals surface area contributed by atoms with Crippen LogP contribution in [-0.2, 0) is 5.41 Å². The molecule has 0 atom stereocenters. The van der Waals surface area contributed by atoms with Crippen LogP contribution in [-0.4, -0.2) is 0 Å². The predicted molar refractivity (Wildman–Crippen MR) is 244 cm³/mol. The number of anilines is 3. The van der Waals surface area contributed by atoms with Crippen LogP contribution in [0.2, 0.25) is 0 Å². The van der Waals surface area contributed by atoms with E-state index in [1.807, 2.05) is 0 Å². The van der Waals surface area contributed by atoms with E-state index in [9.17, 15) is 0 Å². The van der Waals surface area contributed by atoms with Gasteiger partial charge in [-0.15, -0.1) is 0 Å². The summed E-state index contributed by atoms with van der Waals surface area (Å²) in [4.78, 5) is 2.46. The molecule has 2 heteroatoms. The van der Waals surface area contributed by atoms with Crippen molar-refractivity contribution in [3.63, 3.8) is 0 Å². The van der Waals surface area contributed by atoms with Gasteiger partial charge < -0.3 is 9.64 Å². The van der Waals surface area contributed by atoms with Gasteiger partial charge in [0.15, 0.2) is 0 Å². The third kappa shape index (κ3) is 5.00. The van der Waals surface area contributed by atoms with Crippen molar-refractivity contribution in [1.29, 1.82) is 0 Å². The summed E-state index contributed by atoms with van der Waals surface area (Å²) in [6, 6.07) is 81.7. The predicted octanol–water partition coefficient (Wildman–Crippen LogP) is 15.3. The Balaban J connectivity index is 1.16. The molecule has 1 aliphatic carbocycles. The van der Waals surface area contributed by atoms with E-state index in [4.69, 9.17) is 4.74 Å². The molecule has 1 spiro atoms. The van der Waals surface area contributed by atoms with Crippen LogP contribution < -0.4 is 9.64 Å². The van der Waals surface area contributed by atoms with Crippen molar-refractivity contribution in [3.8, 4) is 44.9 Å². The second-order valence-corrected chi connectivity index (χ2v) is 15.6. The van der Waals surface area contributed by atoms with Gasteiger partial charge in [0.2, 0.25) is 0 Å². The van der Waals surface area contributed by atoms with Crippen LogP contribution in [0.25, 0.3) is 54.9 Å². The Morgan fingerprint density at radius 2 is 0.864 bits per heavy atom. The van der Waals surface area contributed by atoms with Gasteiger partial charge in [-0.2, -0.15) is 0 Å². The van der Waals surface area contributed by atoms with Gasteiger partial charge in [0.1, 0.15) is 11.5 Å². The van der Waals surface area contributed by atoms with Gasteiger partial charge in [0.05, 0.1) is 11.1 Å². The van der Waals surface area contributed by atoms with Gasteiger partial charge in [-0.25, -0.2) is 0 Å². The van der Waals surface area contributed by atoms with E-state index in [0.717, 1.165) is 61.2 Å². The minimum Gasteiger partial charge on any atom is -0.455 e. The van der Waals surface area contributed by atoms with Gasteiger partial charge >= 0.3 is 0 Å². The summed E-state index contributed by atoms with van der Waals surface area (Å²) < 4.78 is 7.23. The lowest BCUT2D eigenvalue weighted by atomic mass is 9.65. The second-order valence-electron chi connectivity index (χ2n) is 15.6. The number of nitrogens with zero attached hydrogens (tertiary/aromatic N) is 1. The highest BCUT2D eigenvalue weighted by molar-refractivity contribution is 6.03. The smallest absolute Gasteiger partial charge is 0.140 e. The zero-order chi connectivity index (χ0) is 38.9. The first kappa shape index (κ1) is 33.5. The molecule has 0 aromatic heterocycles. The Morgan fingerprint density at radius 3 is 1.54 bits per heavy atom. The summed E-state index contributed by atoms with van der Waals surface area (Å²) >= 11 is 0. The molecule has 276 valence electrons. The highest BCUT2D eigenvalue weighted by Crippen LogP contribution is 2.65. The molecule has 0 fully saturated rings. The van der Waals surface area contributed by atoms with Gasteiger partial charge in [0.25, 0.3) is 0 Å². The Bertz CT molecular complexity index is 3160. The zero-order valence-corrected chi connectivity index (χ0v) is 32.2. The zero-order valence-electron chi connectivity index (χ0n) is 32.2. The summed E-state index contributed by atoms with van der Waals surface area (Å²) in [5, 5.41) is 4.55. The van der Waals surface area contributed by atoms with Crippen molar-refractivity contribution in [1.82, 2.24) is 0 Å². The van der Waals surface area contributed by atoms with Crippen LogP contribution in [0.1, 0.15) is 22.3 Å². The third-order valence-electron chi connectivity index (χ3n) is 12.5. The fourth-order valence-electron chi connectivity index (χ4n) is 9.94. The average Bonchev–Trinajstić information content (AvgIpc) is 3.61. The normalized spacial score (nSPS) is 13.0. The topological polar surface area (TPSA) is 12.5 Å². The molecule has 59 heavy (non-hydrogen) atoms. The fraction of sp³-hybridized carbons (Fsp3) is 0.0175. The Kier molecular flexibility index (Phi) is 7.48. The van der Waals surface area contributed by atoms with E-state index in [-0.39, 0.29) is 0 Å². The molecule has 0 N–H and O–H groups in total. The molecule has 2 nitrogen and oxygen atoms in total. The van der Waals surface area contributed by atoms with E-state index in [1.165, 1.54) is 44.5 Å². The van der Waals surface area contributed by atoms with Crippen molar-refractivity contribution < 1.29 is 4.74 Å². The maximum Gasteiger partial charge on any atom is 0.140 e. The summed E-state index contributed by atoms with van der Waals surface area (Å²) in [5.41, 5.74) is 14.7. The lowest BCUT2D eigenvalue weighted by molar-refractivity contribution is 0.447. The SMILES string of the molecule is c1ccc(-c2ccc(N(c3cccc(-c4ccccc4)c3)c3cccc4c3-c3ccccc3C43c4ccc5ccccc5c4Oc4c3ccc3ccccc43)cc2)cc1. The van der Waals surface area contributed by atoms with Crippen molar-refractivity contribution in [2.45, 2.75) is 5.41 Å². The molecule has 0 saturated carbocycles. The van der Waals surface area contributed by atoms with Crippen LogP contribution in [0.4, 0.5) is 17.1 Å². The lowest BCUT2D eigenvalue weighted by Crippen LogP contribution is -2.32. The van der Waals surface area contributed by atoms with Crippen molar-refractivity contribution in [2.24, 2.45) is 0 Å². The maximum absolute atomic E-state index is 7.23. The van der Waals surface area contributed by atoms with Crippen LogP contribution in [0.15, 0.2) is 224 Å². The molecular weight excluding hydrogens is 715 g/mol. The summed E-state index contributed by atoms with van der Waals surface area (Å²) in [7, 11) is 0. The first-order valence-corrected chi connectivity index (χ1v) is 20.3. The minimum atomic E-state index is -0.645. The van der Waals surface area contributed by atoms with Crippen LogP contribution in [0.3, 0.4) is 0 Å². The number of benzene rings is 10. The average molecular weight is 752 g/mol. The van der Waals surface area contributed by atoms with Gasteiger partial charge in [-0.1, -0.05) is 194 Å². The van der Waals surface area contributed by atoms with Crippen LogP contribution in [0.5, 0.6) is 11.5 Å². The number of fused-ring (bicyclic) bond motifs is 13. The summed E-state index contributed by atoms with van der Waals surface area (Å²) in [5.74, 6) is 1.84. The Hall–Kier alpha value is -7.68. The first-order valence-electron chi connectivity index (χ1n) is 20.3. The monoisotopic (exact) mass is 751 g/mol. The van der Waals surface area contributed by atoms with E-state index in [1.54, 1.807) is 0 Å². The van der Waals surface area contributed by atoms with Gasteiger partial charge in [0, 0.05) is 38.8 Å². The van der Waals surface area contributed by atoms with E-state index in [0.29, 0.717) is 0 Å². The van der Waals surface area contributed by atoms with Crippen LogP contribution >= 0.6 is 0 Å². The summed E-state index contributed by atoms with van der Waals surface area (Å²) in [6.07, 6.45) is 0. The van der Waals surface area contributed by atoms with Crippen molar-refractivity contribution in [3.05, 3.63) is 247 Å². The molecule has 10 aromatic rings.